The number of hydrogen-bond acceptors (Lipinski definition) is 8. The number of carbonyl (C=O) groups excluding carboxylic acids is 2. The van der Waals surface area contributed by atoms with Crippen LogP contribution in [0.1, 0.15) is 53.0 Å². The molecule has 1 aromatic heterocycles. The van der Waals surface area contributed by atoms with Crippen LogP contribution in [-0.4, -0.2) is 61.1 Å². The largest absolute Gasteiger partial charge is 0.497 e. The van der Waals surface area contributed by atoms with E-state index in [4.69, 9.17) is 15.5 Å². The Labute approximate surface area is 228 Å². The minimum absolute atomic E-state index is 0.0512. The van der Waals surface area contributed by atoms with Gasteiger partial charge in [-0.2, -0.15) is 0 Å². The average Bonchev–Trinajstić information content (AvgIpc) is 2.98. The maximum atomic E-state index is 12.8. The van der Waals surface area contributed by atoms with Crippen molar-refractivity contribution in [3.05, 3.63) is 66.0 Å². The molecule has 0 aliphatic carbocycles. The van der Waals surface area contributed by atoms with E-state index in [1.54, 1.807) is 37.6 Å². The Morgan fingerprint density at radius 3 is 2.36 bits per heavy atom. The number of ether oxygens (including phenoxy) is 1. The summed E-state index contributed by atoms with van der Waals surface area (Å²) in [5.41, 5.74) is 8.26. The van der Waals surface area contributed by atoms with E-state index >= 15 is 0 Å². The summed E-state index contributed by atoms with van der Waals surface area (Å²) in [6.07, 6.45) is 7.03. The first-order valence-electron chi connectivity index (χ1n) is 13.5. The quantitative estimate of drug-likeness (QED) is 0.403. The number of piperidine rings is 2. The summed E-state index contributed by atoms with van der Waals surface area (Å²) in [7, 11) is 1.59. The summed E-state index contributed by atoms with van der Waals surface area (Å²) in [5, 5.41) is 6.36. The first-order valence-corrected chi connectivity index (χ1v) is 13.5. The van der Waals surface area contributed by atoms with Crippen molar-refractivity contribution < 1.29 is 14.3 Å². The third-order valence-corrected chi connectivity index (χ3v) is 7.28. The molecule has 0 bridgehead atoms. The third kappa shape index (κ3) is 6.39. The van der Waals surface area contributed by atoms with Crippen LogP contribution in [0.15, 0.2) is 54.7 Å². The lowest BCUT2D eigenvalue weighted by Gasteiger charge is -2.34. The number of methoxy groups -OCH3 is 1. The van der Waals surface area contributed by atoms with Gasteiger partial charge in [-0.15, -0.1) is 0 Å². The van der Waals surface area contributed by atoms with Crippen LogP contribution in [0.2, 0.25) is 0 Å². The summed E-state index contributed by atoms with van der Waals surface area (Å²) in [6.45, 7) is 3.49. The number of primary amides is 1. The van der Waals surface area contributed by atoms with Crippen LogP contribution in [0.25, 0.3) is 0 Å². The Kier molecular flexibility index (Phi) is 8.10. The number of rotatable bonds is 8. The molecule has 0 saturated carbocycles. The van der Waals surface area contributed by atoms with Gasteiger partial charge in [0.25, 0.3) is 11.8 Å². The summed E-state index contributed by atoms with van der Waals surface area (Å²) in [5.74, 6) is 0.862. The first kappa shape index (κ1) is 26.3. The van der Waals surface area contributed by atoms with E-state index in [0.717, 1.165) is 38.2 Å². The molecule has 10 nitrogen and oxygen atoms in total. The van der Waals surface area contributed by atoms with Gasteiger partial charge < -0.3 is 30.9 Å². The van der Waals surface area contributed by atoms with Crippen molar-refractivity contribution >= 4 is 34.8 Å². The Bertz CT molecular complexity index is 1290. The van der Waals surface area contributed by atoms with Gasteiger partial charge in [0, 0.05) is 49.2 Å². The van der Waals surface area contributed by atoms with Crippen molar-refractivity contribution in [3.63, 3.8) is 0 Å². The van der Waals surface area contributed by atoms with Gasteiger partial charge in [0.05, 0.1) is 13.3 Å². The predicted molar refractivity (Wildman–Crippen MR) is 152 cm³/mol. The fraction of sp³-hybridized carbons (Fsp3) is 0.379. The maximum Gasteiger partial charge on any atom is 0.271 e. The number of aromatic nitrogens is 2. The zero-order valence-corrected chi connectivity index (χ0v) is 22.2. The van der Waals surface area contributed by atoms with Crippen molar-refractivity contribution in [1.29, 1.82) is 0 Å². The van der Waals surface area contributed by atoms with Crippen molar-refractivity contribution in [2.75, 3.05) is 48.4 Å². The number of nitrogens with one attached hydrogen (secondary N) is 2. The lowest BCUT2D eigenvalue weighted by atomic mass is 10.0. The van der Waals surface area contributed by atoms with Crippen LogP contribution in [0, 0.1) is 0 Å². The molecule has 2 aliphatic rings. The molecule has 2 aliphatic heterocycles. The topological polar surface area (TPSA) is 126 Å². The van der Waals surface area contributed by atoms with Crippen LogP contribution in [0.3, 0.4) is 0 Å². The zero-order valence-electron chi connectivity index (χ0n) is 22.2. The van der Waals surface area contributed by atoms with E-state index in [9.17, 15) is 9.59 Å². The second-order valence-electron chi connectivity index (χ2n) is 10.00. The minimum Gasteiger partial charge on any atom is -0.497 e. The molecule has 204 valence electrons. The number of nitrogens with zero attached hydrogens (tertiary/aromatic N) is 4. The molecule has 1 atom stereocenters. The first-order chi connectivity index (χ1) is 19.0. The highest BCUT2D eigenvalue weighted by atomic mass is 16.5. The molecule has 39 heavy (non-hydrogen) atoms. The molecule has 2 fully saturated rings. The van der Waals surface area contributed by atoms with Crippen LogP contribution in [-0.2, 0) is 0 Å². The number of benzene rings is 2. The normalized spacial score (nSPS) is 17.4. The van der Waals surface area contributed by atoms with Crippen molar-refractivity contribution in [2.24, 2.45) is 5.73 Å². The van der Waals surface area contributed by atoms with Gasteiger partial charge in [0.2, 0.25) is 0 Å². The van der Waals surface area contributed by atoms with Crippen molar-refractivity contribution in [2.45, 2.75) is 38.1 Å². The molecule has 3 aromatic rings. The van der Waals surface area contributed by atoms with Crippen LogP contribution >= 0.6 is 0 Å². The van der Waals surface area contributed by atoms with Gasteiger partial charge in [-0.25, -0.2) is 9.97 Å². The zero-order chi connectivity index (χ0) is 27.2. The fourth-order valence-electron chi connectivity index (χ4n) is 5.16. The molecule has 0 radical (unpaired) electrons. The molecule has 2 amide bonds. The van der Waals surface area contributed by atoms with Crippen molar-refractivity contribution in [3.8, 4) is 5.75 Å². The monoisotopic (exact) mass is 529 g/mol. The van der Waals surface area contributed by atoms with E-state index in [2.05, 4.69) is 37.6 Å². The average molecular weight is 530 g/mol. The Hall–Kier alpha value is -4.34. The molecule has 4 N–H and O–H groups in total. The summed E-state index contributed by atoms with van der Waals surface area (Å²) < 4.78 is 5.18. The lowest BCUT2D eigenvalue weighted by Crippen LogP contribution is -2.48. The van der Waals surface area contributed by atoms with Crippen LogP contribution in [0.5, 0.6) is 5.75 Å². The van der Waals surface area contributed by atoms with E-state index in [1.165, 1.54) is 24.9 Å². The second-order valence-corrected chi connectivity index (χ2v) is 10.00. The molecule has 1 unspecified atom stereocenters. The smallest absolute Gasteiger partial charge is 0.271 e. The van der Waals surface area contributed by atoms with E-state index in [-0.39, 0.29) is 17.6 Å². The van der Waals surface area contributed by atoms with Gasteiger partial charge in [-0.1, -0.05) is 0 Å². The van der Waals surface area contributed by atoms with Crippen molar-refractivity contribution in [1.82, 2.24) is 15.3 Å². The number of hydrogen-bond donors (Lipinski definition) is 3. The number of carbonyl (C=O) groups is 2. The lowest BCUT2D eigenvalue weighted by molar-refractivity contribution is 0.0931. The summed E-state index contributed by atoms with van der Waals surface area (Å²) in [4.78, 5) is 38.4. The Morgan fingerprint density at radius 2 is 1.67 bits per heavy atom. The van der Waals surface area contributed by atoms with Gasteiger partial charge >= 0.3 is 0 Å². The third-order valence-electron chi connectivity index (χ3n) is 7.28. The molecular formula is C29H35N7O3. The fourth-order valence-corrected chi connectivity index (χ4v) is 5.16. The van der Waals surface area contributed by atoms with Crippen LogP contribution < -0.4 is 30.9 Å². The second kappa shape index (κ2) is 12.0. The highest BCUT2D eigenvalue weighted by Crippen LogP contribution is 2.26. The summed E-state index contributed by atoms with van der Waals surface area (Å²) >= 11 is 0. The van der Waals surface area contributed by atoms with E-state index in [0.29, 0.717) is 29.5 Å². The Morgan fingerprint density at radius 1 is 0.949 bits per heavy atom. The number of anilines is 4. The minimum atomic E-state index is -0.648. The SMILES string of the molecule is COc1ccc(C(=O)NC2CCCN(c3cnc(C(N)=O)c(Nc4ccc(N5CCCCC5)cc4)n3)C2)cc1. The molecule has 2 aromatic carbocycles. The number of nitrogens with two attached hydrogens (primary N) is 1. The highest BCUT2D eigenvalue weighted by Gasteiger charge is 2.24. The molecule has 3 heterocycles. The van der Waals surface area contributed by atoms with Gasteiger partial charge in [0.15, 0.2) is 11.5 Å². The predicted octanol–water partition coefficient (Wildman–Crippen LogP) is 3.72. The maximum absolute atomic E-state index is 12.8. The summed E-state index contributed by atoms with van der Waals surface area (Å²) in [6, 6.07) is 15.1. The molecular weight excluding hydrogens is 494 g/mol. The van der Waals surface area contributed by atoms with Gasteiger partial charge in [-0.05, 0) is 80.6 Å². The van der Waals surface area contributed by atoms with E-state index in [1.807, 2.05) is 12.1 Å². The van der Waals surface area contributed by atoms with E-state index < -0.39 is 5.91 Å². The molecule has 2 saturated heterocycles. The standard InChI is InChI=1S/C29H35N7O3/c1-39-24-13-7-20(8-14-24)29(38)33-22-6-5-17-36(19-22)25-18-31-26(27(30)37)28(34-25)32-21-9-11-23(12-10-21)35-15-3-2-4-16-35/h7-14,18,22H,2-6,15-17,19H2,1H3,(H2,30,37)(H,32,34)(H,33,38). The molecule has 0 spiro atoms. The molecule has 5 rings (SSSR count). The Balaban J connectivity index is 1.28. The highest BCUT2D eigenvalue weighted by molar-refractivity contribution is 5.96. The molecule has 10 heteroatoms. The number of amides is 2. The van der Waals surface area contributed by atoms with Crippen LogP contribution in [0.4, 0.5) is 23.0 Å². The van der Waals surface area contributed by atoms with Gasteiger partial charge in [0.1, 0.15) is 11.6 Å². The van der Waals surface area contributed by atoms with Gasteiger partial charge in [-0.3, -0.25) is 9.59 Å².